The zero-order valence-electron chi connectivity index (χ0n) is 16.9. The topological polar surface area (TPSA) is 69.0 Å². The molecule has 1 aromatic heterocycles. The van der Waals surface area contributed by atoms with Crippen LogP contribution in [0.15, 0.2) is 46.0 Å². The number of ether oxygens (including phenoxy) is 1. The molecule has 3 aromatic rings. The number of rotatable bonds is 8. The molecule has 1 heterocycles. The minimum absolute atomic E-state index is 0.164. The summed E-state index contributed by atoms with van der Waals surface area (Å²) >= 11 is 10.8. The second-order valence-corrected chi connectivity index (χ2v) is 8.93. The van der Waals surface area contributed by atoms with E-state index in [-0.39, 0.29) is 11.7 Å². The Morgan fingerprint density at radius 1 is 1.23 bits per heavy atom. The van der Waals surface area contributed by atoms with Crippen molar-refractivity contribution >= 4 is 50.9 Å². The van der Waals surface area contributed by atoms with Crippen LogP contribution in [0.25, 0.3) is 0 Å². The fraction of sp³-hybridized carbons (Fsp3) is 0.286. The number of carbonyl (C=O) groups is 1. The van der Waals surface area contributed by atoms with Crippen LogP contribution in [0.5, 0.6) is 5.75 Å². The largest absolute Gasteiger partial charge is 0.485 e. The van der Waals surface area contributed by atoms with Gasteiger partial charge >= 0.3 is 0 Å². The predicted molar refractivity (Wildman–Crippen MR) is 124 cm³/mol. The molecule has 158 valence electrons. The number of thioether (sulfide) groups is 1. The molecule has 0 bridgehead atoms. The summed E-state index contributed by atoms with van der Waals surface area (Å²) in [5.41, 5.74) is 2.78. The predicted octanol–water partition coefficient (Wildman–Crippen LogP) is 5.64. The van der Waals surface area contributed by atoms with Gasteiger partial charge in [0.25, 0.3) is 0 Å². The Morgan fingerprint density at radius 2 is 2.03 bits per heavy atom. The molecular weight excluding hydrogens is 488 g/mol. The van der Waals surface area contributed by atoms with Crippen molar-refractivity contribution in [3.63, 3.8) is 0 Å². The second kappa shape index (κ2) is 10.3. The number of hydrogen-bond donors (Lipinski definition) is 1. The summed E-state index contributed by atoms with van der Waals surface area (Å²) in [5.74, 6) is 1.59. The SMILES string of the molecule is CCn1c(COc2cc(C)ccc2C)nnc1SCC(=O)Nc1ccc(Br)cc1Cl. The maximum Gasteiger partial charge on any atom is 0.234 e. The molecule has 0 aliphatic heterocycles. The number of aromatic nitrogens is 3. The zero-order chi connectivity index (χ0) is 21.7. The first kappa shape index (κ1) is 22.7. The lowest BCUT2D eigenvalue weighted by Crippen LogP contribution is -2.15. The van der Waals surface area contributed by atoms with Crippen molar-refractivity contribution in [2.75, 3.05) is 11.1 Å². The molecule has 2 aromatic carbocycles. The van der Waals surface area contributed by atoms with Crippen LogP contribution in [-0.4, -0.2) is 26.4 Å². The average molecular weight is 510 g/mol. The van der Waals surface area contributed by atoms with Crippen LogP contribution in [0, 0.1) is 13.8 Å². The molecule has 0 fully saturated rings. The first-order valence-electron chi connectivity index (χ1n) is 9.37. The minimum Gasteiger partial charge on any atom is -0.485 e. The number of halogens is 2. The van der Waals surface area contributed by atoms with Crippen LogP contribution in [0.4, 0.5) is 5.69 Å². The summed E-state index contributed by atoms with van der Waals surface area (Å²) in [6, 6.07) is 11.4. The van der Waals surface area contributed by atoms with E-state index < -0.39 is 0 Å². The van der Waals surface area contributed by atoms with Crippen molar-refractivity contribution in [1.82, 2.24) is 14.8 Å². The van der Waals surface area contributed by atoms with E-state index in [9.17, 15) is 4.79 Å². The van der Waals surface area contributed by atoms with Gasteiger partial charge in [0.05, 0.1) is 16.5 Å². The van der Waals surface area contributed by atoms with Crippen LogP contribution in [0.2, 0.25) is 5.02 Å². The molecule has 0 saturated heterocycles. The van der Waals surface area contributed by atoms with Crippen LogP contribution in [0.3, 0.4) is 0 Å². The molecule has 30 heavy (non-hydrogen) atoms. The summed E-state index contributed by atoms with van der Waals surface area (Å²) in [4.78, 5) is 12.3. The molecule has 6 nitrogen and oxygen atoms in total. The van der Waals surface area contributed by atoms with Gasteiger partial charge in [0.2, 0.25) is 5.91 Å². The van der Waals surface area contributed by atoms with Crippen LogP contribution >= 0.6 is 39.3 Å². The summed E-state index contributed by atoms with van der Waals surface area (Å²) in [7, 11) is 0. The maximum atomic E-state index is 12.3. The standard InChI is InChI=1S/C21H22BrClN4O2S/c1-4-27-19(11-29-18-9-13(2)5-6-14(18)3)25-26-21(27)30-12-20(28)24-17-8-7-15(22)10-16(17)23/h5-10H,4,11-12H2,1-3H3,(H,24,28). The van der Waals surface area contributed by atoms with Gasteiger partial charge in [-0.05, 0) is 56.2 Å². The Balaban J connectivity index is 1.61. The first-order valence-corrected chi connectivity index (χ1v) is 11.5. The number of aryl methyl sites for hydroxylation is 2. The first-order chi connectivity index (χ1) is 14.4. The molecule has 0 spiro atoms. The number of hydrogen-bond acceptors (Lipinski definition) is 5. The molecule has 0 aliphatic carbocycles. The third-order valence-electron chi connectivity index (χ3n) is 4.35. The van der Waals surface area contributed by atoms with E-state index in [2.05, 4.69) is 37.5 Å². The van der Waals surface area contributed by atoms with Gasteiger partial charge in [-0.15, -0.1) is 10.2 Å². The van der Waals surface area contributed by atoms with Crippen molar-refractivity contribution in [1.29, 1.82) is 0 Å². The summed E-state index contributed by atoms with van der Waals surface area (Å²) < 4.78 is 8.76. The zero-order valence-corrected chi connectivity index (χ0v) is 20.1. The average Bonchev–Trinajstić information content (AvgIpc) is 3.11. The van der Waals surface area contributed by atoms with E-state index >= 15 is 0 Å². The van der Waals surface area contributed by atoms with Gasteiger partial charge in [-0.2, -0.15) is 0 Å². The van der Waals surface area contributed by atoms with E-state index in [1.165, 1.54) is 11.8 Å². The van der Waals surface area contributed by atoms with Crippen molar-refractivity contribution in [3.05, 3.63) is 62.8 Å². The number of nitrogens with one attached hydrogen (secondary N) is 1. The van der Waals surface area contributed by atoms with Crippen molar-refractivity contribution in [2.24, 2.45) is 0 Å². The van der Waals surface area contributed by atoms with Crippen LogP contribution < -0.4 is 10.1 Å². The second-order valence-electron chi connectivity index (χ2n) is 6.66. The van der Waals surface area contributed by atoms with Crippen LogP contribution in [0.1, 0.15) is 23.9 Å². The number of nitrogens with zero attached hydrogens (tertiary/aromatic N) is 3. The Kier molecular flexibility index (Phi) is 7.80. The van der Waals surface area contributed by atoms with E-state index in [1.54, 1.807) is 12.1 Å². The minimum atomic E-state index is -0.164. The third kappa shape index (κ3) is 5.77. The van der Waals surface area contributed by atoms with Gasteiger partial charge in [0, 0.05) is 11.0 Å². The Hall–Kier alpha value is -2.03. The molecular formula is C21H22BrClN4O2S. The lowest BCUT2D eigenvalue weighted by atomic mass is 10.1. The van der Waals surface area contributed by atoms with E-state index in [1.807, 2.05) is 43.5 Å². The van der Waals surface area contributed by atoms with Gasteiger partial charge in [0.1, 0.15) is 12.4 Å². The van der Waals surface area contributed by atoms with Gasteiger partial charge in [0.15, 0.2) is 11.0 Å². The van der Waals surface area contributed by atoms with Crippen molar-refractivity contribution < 1.29 is 9.53 Å². The van der Waals surface area contributed by atoms with Gasteiger partial charge in [-0.1, -0.05) is 51.4 Å². The molecule has 9 heteroatoms. The van der Waals surface area contributed by atoms with Gasteiger partial charge in [-0.25, -0.2) is 0 Å². The lowest BCUT2D eigenvalue weighted by molar-refractivity contribution is -0.113. The molecule has 0 unspecified atom stereocenters. The summed E-state index contributed by atoms with van der Waals surface area (Å²) in [6.07, 6.45) is 0. The molecule has 1 amide bonds. The summed E-state index contributed by atoms with van der Waals surface area (Å²) in [5, 5.41) is 12.4. The number of anilines is 1. The van der Waals surface area contributed by atoms with Gasteiger partial charge in [-0.3, -0.25) is 4.79 Å². The van der Waals surface area contributed by atoms with Crippen LogP contribution in [-0.2, 0) is 17.9 Å². The number of carbonyl (C=O) groups excluding carboxylic acids is 1. The van der Waals surface area contributed by atoms with Gasteiger partial charge < -0.3 is 14.6 Å². The highest BCUT2D eigenvalue weighted by molar-refractivity contribution is 9.10. The number of amides is 1. The van der Waals surface area contributed by atoms with E-state index in [0.717, 1.165) is 27.2 Å². The fourth-order valence-corrected chi connectivity index (χ4v) is 4.30. The molecule has 0 atom stereocenters. The number of benzene rings is 2. The van der Waals surface area contributed by atoms with Crippen molar-refractivity contribution in [3.8, 4) is 5.75 Å². The molecule has 0 aliphatic rings. The van der Waals surface area contributed by atoms with E-state index in [0.29, 0.717) is 29.0 Å². The Morgan fingerprint density at radius 3 is 2.77 bits per heavy atom. The smallest absolute Gasteiger partial charge is 0.234 e. The molecule has 3 rings (SSSR count). The fourth-order valence-electron chi connectivity index (χ4n) is 2.76. The lowest BCUT2D eigenvalue weighted by Gasteiger charge is -2.11. The Bertz CT molecular complexity index is 1060. The monoisotopic (exact) mass is 508 g/mol. The molecule has 1 N–H and O–H groups in total. The summed E-state index contributed by atoms with van der Waals surface area (Å²) in [6.45, 7) is 7.04. The van der Waals surface area contributed by atoms with E-state index in [4.69, 9.17) is 16.3 Å². The quantitative estimate of drug-likeness (QED) is 0.398. The molecule has 0 radical (unpaired) electrons. The van der Waals surface area contributed by atoms with Crippen molar-refractivity contribution in [2.45, 2.75) is 39.1 Å². The Labute approximate surface area is 193 Å². The highest BCUT2D eigenvalue weighted by Crippen LogP contribution is 2.26. The maximum absolute atomic E-state index is 12.3. The third-order valence-corrected chi connectivity index (χ3v) is 6.12. The normalized spacial score (nSPS) is 10.8. The molecule has 0 saturated carbocycles. The highest BCUT2D eigenvalue weighted by atomic mass is 79.9. The highest BCUT2D eigenvalue weighted by Gasteiger charge is 2.15.